The van der Waals surface area contributed by atoms with Crippen molar-refractivity contribution in [1.82, 2.24) is 9.97 Å². The number of carbonyl (C=O) groups is 1. The molecule has 0 spiro atoms. The molecule has 1 aromatic heterocycles. The van der Waals surface area contributed by atoms with Crippen molar-refractivity contribution in [1.29, 1.82) is 0 Å². The van der Waals surface area contributed by atoms with Gasteiger partial charge >= 0.3 is 0 Å². The number of hydrogen-bond acceptors (Lipinski definition) is 4. The highest BCUT2D eigenvalue weighted by atomic mass is 19.1. The van der Waals surface area contributed by atoms with E-state index in [-0.39, 0.29) is 11.7 Å². The van der Waals surface area contributed by atoms with Gasteiger partial charge in [0.05, 0.1) is 11.0 Å². The Kier molecular flexibility index (Phi) is 4.24. The van der Waals surface area contributed by atoms with Crippen LogP contribution in [0.5, 0.6) is 0 Å². The number of fused-ring (bicyclic) bond motifs is 1. The molecule has 4 rings (SSSR count). The van der Waals surface area contributed by atoms with Crippen LogP contribution in [0.15, 0.2) is 42.5 Å². The summed E-state index contributed by atoms with van der Waals surface area (Å²) >= 11 is 0. The predicted octanol–water partition coefficient (Wildman–Crippen LogP) is 3.93. The van der Waals surface area contributed by atoms with Gasteiger partial charge in [-0.1, -0.05) is 12.1 Å². The van der Waals surface area contributed by atoms with Crippen molar-refractivity contribution in [2.45, 2.75) is 19.8 Å². The van der Waals surface area contributed by atoms with E-state index in [9.17, 15) is 9.18 Å². The van der Waals surface area contributed by atoms with Crippen molar-refractivity contribution in [3.05, 3.63) is 59.5 Å². The Balaban J connectivity index is 1.75. The molecule has 0 atom stereocenters. The van der Waals surface area contributed by atoms with Crippen LogP contribution in [0.25, 0.3) is 11.0 Å². The van der Waals surface area contributed by atoms with Crippen LogP contribution in [0.3, 0.4) is 0 Å². The van der Waals surface area contributed by atoms with E-state index >= 15 is 0 Å². The molecule has 0 aliphatic carbocycles. The largest absolute Gasteiger partial charge is 0.355 e. The van der Waals surface area contributed by atoms with Gasteiger partial charge in [-0.25, -0.2) is 14.4 Å². The first-order valence-electron chi connectivity index (χ1n) is 8.71. The minimum Gasteiger partial charge on any atom is -0.355 e. The number of rotatable bonds is 3. The highest BCUT2D eigenvalue weighted by molar-refractivity contribution is 6.07. The molecule has 2 aromatic carbocycles. The molecule has 26 heavy (non-hydrogen) atoms. The topological polar surface area (TPSA) is 58.1 Å². The third-order valence-electron chi connectivity index (χ3n) is 4.61. The summed E-state index contributed by atoms with van der Waals surface area (Å²) in [5.41, 5.74) is 2.98. The van der Waals surface area contributed by atoms with Gasteiger partial charge in [-0.05, 0) is 55.7 Å². The lowest BCUT2D eigenvalue weighted by Crippen LogP contribution is -2.25. The number of anilines is 2. The van der Waals surface area contributed by atoms with Gasteiger partial charge in [0.1, 0.15) is 5.82 Å². The molecule has 132 valence electrons. The van der Waals surface area contributed by atoms with E-state index in [0.717, 1.165) is 31.4 Å². The second kappa shape index (κ2) is 6.71. The molecule has 2 heterocycles. The SMILES string of the molecule is Cc1cc(F)ccc1NC(=O)c1nc2ccccc2nc1N1CCCC1. The third-order valence-corrected chi connectivity index (χ3v) is 4.61. The summed E-state index contributed by atoms with van der Waals surface area (Å²) in [6.45, 7) is 3.48. The summed E-state index contributed by atoms with van der Waals surface area (Å²) < 4.78 is 13.3. The van der Waals surface area contributed by atoms with E-state index in [4.69, 9.17) is 4.98 Å². The minimum atomic E-state index is -0.333. The third kappa shape index (κ3) is 3.10. The van der Waals surface area contributed by atoms with E-state index in [2.05, 4.69) is 15.2 Å². The molecule has 1 aliphatic heterocycles. The van der Waals surface area contributed by atoms with Crippen LogP contribution in [0, 0.1) is 12.7 Å². The molecule has 3 aromatic rings. The molecule has 6 heteroatoms. The standard InChI is InChI=1S/C20H19FN4O/c1-13-12-14(21)8-9-15(13)24-20(26)18-19(25-10-4-5-11-25)23-17-7-3-2-6-16(17)22-18/h2-3,6-9,12H,4-5,10-11H2,1H3,(H,24,26). The fraction of sp³-hybridized carbons (Fsp3) is 0.250. The van der Waals surface area contributed by atoms with Crippen LogP contribution in [0.2, 0.25) is 0 Å². The molecule has 1 aliphatic rings. The molecule has 0 radical (unpaired) electrons. The molecule has 1 N–H and O–H groups in total. The van der Waals surface area contributed by atoms with Gasteiger partial charge in [-0.15, -0.1) is 0 Å². The van der Waals surface area contributed by atoms with Gasteiger partial charge in [-0.2, -0.15) is 0 Å². The molecular formula is C20H19FN4O. The minimum absolute atomic E-state index is 0.300. The molecule has 1 amide bonds. The quantitative estimate of drug-likeness (QED) is 0.778. The van der Waals surface area contributed by atoms with Crippen LogP contribution in [0.4, 0.5) is 15.9 Å². The Morgan fingerprint density at radius 1 is 1.08 bits per heavy atom. The van der Waals surface area contributed by atoms with E-state index in [1.165, 1.54) is 12.1 Å². The van der Waals surface area contributed by atoms with Gasteiger partial charge < -0.3 is 10.2 Å². The van der Waals surface area contributed by atoms with Crippen molar-refractivity contribution in [3.8, 4) is 0 Å². The average Bonchev–Trinajstić information content (AvgIpc) is 3.17. The first kappa shape index (κ1) is 16.4. The number of amides is 1. The predicted molar refractivity (Wildman–Crippen MR) is 100 cm³/mol. The van der Waals surface area contributed by atoms with Crippen LogP contribution < -0.4 is 10.2 Å². The summed E-state index contributed by atoms with van der Waals surface area (Å²) in [7, 11) is 0. The molecule has 1 fully saturated rings. The number of nitrogens with zero attached hydrogens (tertiary/aromatic N) is 3. The monoisotopic (exact) mass is 350 g/mol. The average molecular weight is 350 g/mol. The Bertz CT molecular complexity index is 983. The summed E-state index contributed by atoms with van der Waals surface area (Å²) in [4.78, 5) is 24.3. The fourth-order valence-corrected chi connectivity index (χ4v) is 3.24. The van der Waals surface area contributed by atoms with Crippen molar-refractivity contribution in [2.24, 2.45) is 0 Å². The maximum atomic E-state index is 13.3. The van der Waals surface area contributed by atoms with Crippen molar-refractivity contribution < 1.29 is 9.18 Å². The Hall–Kier alpha value is -3.02. The molecule has 1 saturated heterocycles. The van der Waals surface area contributed by atoms with Crippen LogP contribution >= 0.6 is 0 Å². The number of aryl methyl sites for hydroxylation is 1. The van der Waals surface area contributed by atoms with Gasteiger partial charge in [0.15, 0.2) is 11.5 Å². The Morgan fingerprint density at radius 3 is 2.46 bits per heavy atom. The van der Waals surface area contributed by atoms with Crippen molar-refractivity contribution >= 4 is 28.4 Å². The maximum Gasteiger partial charge on any atom is 0.278 e. The molecule has 0 unspecified atom stereocenters. The zero-order chi connectivity index (χ0) is 18.1. The lowest BCUT2D eigenvalue weighted by molar-refractivity contribution is 0.102. The van der Waals surface area contributed by atoms with E-state index in [1.54, 1.807) is 13.0 Å². The summed E-state index contributed by atoms with van der Waals surface area (Å²) in [5.74, 6) is -0.0536. The van der Waals surface area contributed by atoms with Gasteiger partial charge in [-0.3, -0.25) is 4.79 Å². The number of para-hydroxylation sites is 2. The molecule has 5 nitrogen and oxygen atoms in total. The summed E-state index contributed by atoms with van der Waals surface area (Å²) in [6, 6.07) is 11.8. The van der Waals surface area contributed by atoms with Crippen molar-refractivity contribution in [2.75, 3.05) is 23.3 Å². The number of carbonyl (C=O) groups excluding carboxylic acids is 1. The Morgan fingerprint density at radius 2 is 1.77 bits per heavy atom. The van der Waals surface area contributed by atoms with Gasteiger partial charge in [0.2, 0.25) is 0 Å². The van der Waals surface area contributed by atoms with Crippen LogP contribution in [-0.2, 0) is 0 Å². The normalized spacial score (nSPS) is 14.0. The maximum absolute atomic E-state index is 13.3. The van der Waals surface area contributed by atoms with E-state index in [0.29, 0.717) is 28.3 Å². The lowest BCUT2D eigenvalue weighted by atomic mass is 10.2. The van der Waals surface area contributed by atoms with Gasteiger partial charge in [0, 0.05) is 18.8 Å². The second-order valence-corrected chi connectivity index (χ2v) is 6.49. The highest BCUT2D eigenvalue weighted by Gasteiger charge is 2.24. The zero-order valence-electron chi connectivity index (χ0n) is 14.5. The lowest BCUT2D eigenvalue weighted by Gasteiger charge is -2.20. The summed E-state index contributed by atoms with van der Waals surface area (Å²) in [6.07, 6.45) is 2.15. The first-order valence-corrected chi connectivity index (χ1v) is 8.71. The van der Waals surface area contributed by atoms with E-state index < -0.39 is 0 Å². The van der Waals surface area contributed by atoms with Crippen LogP contribution in [-0.4, -0.2) is 29.0 Å². The molecular weight excluding hydrogens is 331 g/mol. The van der Waals surface area contributed by atoms with Crippen molar-refractivity contribution in [3.63, 3.8) is 0 Å². The summed E-state index contributed by atoms with van der Waals surface area (Å²) in [5, 5.41) is 2.85. The number of halogens is 1. The zero-order valence-corrected chi connectivity index (χ0v) is 14.5. The fourth-order valence-electron chi connectivity index (χ4n) is 3.24. The number of hydrogen-bond donors (Lipinski definition) is 1. The van der Waals surface area contributed by atoms with Gasteiger partial charge in [0.25, 0.3) is 5.91 Å². The Labute approximate surface area is 150 Å². The number of nitrogens with one attached hydrogen (secondary N) is 1. The number of benzene rings is 2. The smallest absolute Gasteiger partial charge is 0.278 e. The van der Waals surface area contributed by atoms with E-state index in [1.807, 2.05) is 24.3 Å². The van der Waals surface area contributed by atoms with Crippen LogP contribution in [0.1, 0.15) is 28.9 Å². The number of aromatic nitrogens is 2. The molecule has 0 saturated carbocycles. The second-order valence-electron chi connectivity index (χ2n) is 6.49. The first-order chi connectivity index (χ1) is 12.6. The molecule has 0 bridgehead atoms. The highest BCUT2D eigenvalue weighted by Crippen LogP contribution is 2.25.